The zero-order chi connectivity index (χ0) is 14.5. The van der Waals surface area contributed by atoms with Crippen LogP contribution >= 0.6 is 0 Å². The molecule has 0 radical (unpaired) electrons. The van der Waals surface area contributed by atoms with Gasteiger partial charge in [0.2, 0.25) is 5.91 Å². The summed E-state index contributed by atoms with van der Waals surface area (Å²) in [6.07, 6.45) is 3.55. The summed E-state index contributed by atoms with van der Waals surface area (Å²) in [4.78, 5) is 16.7. The van der Waals surface area contributed by atoms with Gasteiger partial charge in [-0.25, -0.2) is 4.39 Å². The SMILES string of the molecule is C=CCN(CCO)C(=O)Cc1c[nH]c2cc(F)ccc12. The van der Waals surface area contributed by atoms with E-state index in [-0.39, 0.29) is 31.3 Å². The predicted octanol–water partition coefficient (Wildman–Crippen LogP) is 1.86. The maximum absolute atomic E-state index is 13.1. The summed E-state index contributed by atoms with van der Waals surface area (Å²) in [6.45, 7) is 4.19. The minimum Gasteiger partial charge on any atom is -0.395 e. The Hall–Kier alpha value is -2.14. The van der Waals surface area contributed by atoms with E-state index >= 15 is 0 Å². The lowest BCUT2D eigenvalue weighted by molar-refractivity contribution is -0.130. The first-order valence-electron chi connectivity index (χ1n) is 6.40. The first kappa shape index (κ1) is 14.3. The average Bonchev–Trinajstić information content (AvgIpc) is 2.80. The van der Waals surface area contributed by atoms with Crippen LogP contribution < -0.4 is 0 Å². The topological polar surface area (TPSA) is 56.3 Å². The van der Waals surface area contributed by atoms with Gasteiger partial charge in [0.15, 0.2) is 0 Å². The van der Waals surface area contributed by atoms with Crippen LogP contribution in [0.3, 0.4) is 0 Å². The highest BCUT2D eigenvalue weighted by Crippen LogP contribution is 2.20. The van der Waals surface area contributed by atoms with Gasteiger partial charge in [0.1, 0.15) is 5.82 Å². The highest BCUT2D eigenvalue weighted by Gasteiger charge is 2.14. The van der Waals surface area contributed by atoms with Gasteiger partial charge in [0.05, 0.1) is 13.0 Å². The second-order valence-electron chi connectivity index (χ2n) is 4.53. The smallest absolute Gasteiger partial charge is 0.227 e. The van der Waals surface area contributed by atoms with Crippen LogP contribution in [-0.2, 0) is 11.2 Å². The number of benzene rings is 1. The summed E-state index contributed by atoms with van der Waals surface area (Å²) < 4.78 is 13.1. The molecule has 0 saturated carbocycles. The maximum Gasteiger partial charge on any atom is 0.227 e. The second-order valence-corrected chi connectivity index (χ2v) is 4.53. The van der Waals surface area contributed by atoms with Crippen molar-refractivity contribution in [1.82, 2.24) is 9.88 Å². The van der Waals surface area contributed by atoms with Crippen LogP contribution in [0.5, 0.6) is 0 Å². The number of nitrogens with one attached hydrogen (secondary N) is 1. The third-order valence-corrected chi connectivity index (χ3v) is 3.14. The van der Waals surface area contributed by atoms with E-state index in [1.165, 1.54) is 17.0 Å². The molecule has 0 aliphatic heterocycles. The lowest BCUT2D eigenvalue weighted by atomic mass is 10.1. The number of aliphatic hydroxyl groups is 1. The van der Waals surface area contributed by atoms with Crippen molar-refractivity contribution in [2.75, 3.05) is 19.7 Å². The molecule has 0 fully saturated rings. The molecule has 0 bridgehead atoms. The summed E-state index contributed by atoms with van der Waals surface area (Å²) in [5.74, 6) is -0.407. The number of hydrogen-bond donors (Lipinski definition) is 2. The van der Waals surface area contributed by atoms with Crippen molar-refractivity contribution in [3.8, 4) is 0 Å². The first-order chi connectivity index (χ1) is 9.65. The molecule has 1 amide bonds. The van der Waals surface area contributed by atoms with E-state index in [2.05, 4.69) is 11.6 Å². The number of amides is 1. The fraction of sp³-hybridized carbons (Fsp3) is 0.267. The van der Waals surface area contributed by atoms with Crippen LogP contribution in [0.25, 0.3) is 10.9 Å². The lowest BCUT2D eigenvalue weighted by Gasteiger charge is -2.19. The number of H-pyrrole nitrogens is 1. The summed E-state index contributed by atoms with van der Waals surface area (Å²) in [7, 11) is 0. The number of halogens is 1. The molecule has 0 unspecified atom stereocenters. The fourth-order valence-electron chi connectivity index (χ4n) is 2.17. The molecule has 1 aromatic carbocycles. The molecule has 1 heterocycles. The molecule has 0 aliphatic carbocycles. The molecule has 2 aromatic rings. The summed E-state index contributed by atoms with van der Waals surface area (Å²) in [5, 5.41) is 9.80. The normalized spacial score (nSPS) is 10.7. The van der Waals surface area contributed by atoms with Crippen LogP contribution in [0.4, 0.5) is 4.39 Å². The molecular formula is C15H17FN2O2. The van der Waals surface area contributed by atoms with Crippen LogP contribution in [-0.4, -0.2) is 40.6 Å². The lowest BCUT2D eigenvalue weighted by Crippen LogP contribution is -2.34. The molecule has 20 heavy (non-hydrogen) atoms. The van der Waals surface area contributed by atoms with E-state index < -0.39 is 0 Å². The van der Waals surface area contributed by atoms with E-state index in [0.717, 1.165) is 10.9 Å². The van der Waals surface area contributed by atoms with Gasteiger partial charge < -0.3 is 15.0 Å². The van der Waals surface area contributed by atoms with Gasteiger partial charge in [-0.1, -0.05) is 6.08 Å². The van der Waals surface area contributed by atoms with Gasteiger partial charge in [0, 0.05) is 30.2 Å². The van der Waals surface area contributed by atoms with Crippen molar-refractivity contribution in [3.05, 3.63) is 48.4 Å². The average molecular weight is 276 g/mol. The predicted molar refractivity (Wildman–Crippen MR) is 75.8 cm³/mol. The molecule has 5 heteroatoms. The van der Waals surface area contributed by atoms with Gasteiger partial charge in [-0.15, -0.1) is 6.58 Å². The molecule has 0 atom stereocenters. The number of carbonyl (C=O) groups excluding carboxylic acids is 1. The van der Waals surface area contributed by atoms with E-state index in [4.69, 9.17) is 5.11 Å². The molecule has 4 nitrogen and oxygen atoms in total. The Labute approximate surface area is 116 Å². The van der Waals surface area contributed by atoms with Crippen LogP contribution in [0.2, 0.25) is 0 Å². The molecule has 0 saturated heterocycles. The minimum atomic E-state index is -0.314. The molecule has 1 aromatic heterocycles. The summed E-state index contributed by atoms with van der Waals surface area (Å²) in [6, 6.07) is 4.44. The van der Waals surface area contributed by atoms with Gasteiger partial charge in [-0.05, 0) is 23.8 Å². The molecule has 2 N–H and O–H groups in total. The number of aromatic nitrogens is 1. The Morgan fingerprint density at radius 1 is 1.50 bits per heavy atom. The number of nitrogens with zero attached hydrogens (tertiary/aromatic N) is 1. The largest absolute Gasteiger partial charge is 0.395 e. The number of hydrogen-bond acceptors (Lipinski definition) is 2. The minimum absolute atomic E-state index is 0.0846. The van der Waals surface area contributed by atoms with Gasteiger partial charge in [0.25, 0.3) is 0 Å². The Bertz CT molecular complexity index is 621. The van der Waals surface area contributed by atoms with Crippen molar-refractivity contribution in [1.29, 1.82) is 0 Å². The molecule has 2 rings (SSSR count). The second kappa shape index (κ2) is 6.34. The van der Waals surface area contributed by atoms with Gasteiger partial charge in [-0.3, -0.25) is 4.79 Å². The van der Waals surface area contributed by atoms with E-state index in [1.807, 2.05) is 0 Å². The Kier molecular flexibility index (Phi) is 4.53. The number of aliphatic hydroxyl groups excluding tert-OH is 1. The monoisotopic (exact) mass is 276 g/mol. The molecule has 106 valence electrons. The third-order valence-electron chi connectivity index (χ3n) is 3.14. The third kappa shape index (κ3) is 3.05. The number of rotatable bonds is 6. The fourth-order valence-corrected chi connectivity index (χ4v) is 2.17. The maximum atomic E-state index is 13.1. The van der Waals surface area contributed by atoms with Crippen molar-refractivity contribution in [3.63, 3.8) is 0 Å². The number of aromatic amines is 1. The van der Waals surface area contributed by atoms with Crippen molar-refractivity contribution < 1.29 is 14.3 Å². The standard InChI is InChI=1S/C15H17FN2O2/c1-2-5-18(6-7-19)15(20)8-11-10-17-14-9-12(16)3-4-13(11)14/h2-4,9-10,17,19H,1,5-8H2. The summed E-state index contributed by atoms with van der Waals surface area (Å²) in [5.41, 5.74) is 1.49. The zero-order valence-corrected chi connectivity index (χ0v) is 11.1. The van der Waals surface area contributed by atoms with E-state index in [0.29, 0.717) is 12.1 Å². The molecule has 0 aliphatic rings. The van der Waals surface area contributed by atoms with Crippen molar-refractivity contribution in [2.45, 2.75) is 6.42 Å². The van der Waals surface area contributed by atoms with Crippen LogP contribution in [0.15, 0.2) is 37.1 Å². The van der Waals surface area contributed by atoms with Crippen LogP contribution in [0.1, 0.15) is 5.56 Å². The zero-order valence-electron chi connectivity index (χ0n) is 11.1. The van der Waals surface area contributed by atoms with E-state index in [9.17, 15) is 9.18 Å². The first-order valence-corrected chi connectivity index (χ1v) is 6.40. The Morgan fingerprint density at radius 3 is 3.00 bits per heavy atom. The molecule has 0 spiro atoms. The quantitative estimate of drug-likeness (QED) is 0.791. The summed E-state index contributed by atoms with van der Waals surface area (Å²) >= 11 is 0. The van der Waals surface area contributed by atoms with Crippen molar-refractivity contribution >= 4 is 16.8 Å². The Morgan fingerprint density at radius 2 is 2.30 bits per heavy atom. The number of carbonyl (C=O) groups is 1. The van der Waals surface area contributed by atoms with Crippen LogP contribution in [0, 0.1) is 5.82 Å². The van der Waals surface area contributed by atoms with Crippen molar-refractivity contribution in [2.24, 2.45) is 0 Å². The molecular weight excluding hydrogens is 259 g/mol. The number of fused-ring (bicyclic) bond motifs is 1. The van der Waals surface area contributed by atoms with E-state index in [1.54, 1.807) is 18.3 Å². The Balaban J connectivity index is 2.18. The van der Waals surface area contributed by atoms with Gasteiger partial charge in [-0.2, -0.15) is 0 Å². The highest BCUT2D eigenvalue weighted by atomic mass is 19.1. The highest BCUT2D eigenvalue weighted by molar-refractivity contribution is 5.89. The van der Waals surface area contributed by atoms with Gasteiger partial charge >= 0.3 is 0 Å².